The quantitative estimate of drug-likeness (QED) is 0.140. The van der Waals surface area contributed by atoms with Crippen molar-refractivity contribution < 1.29 is 33.3 Å². The molecule has 0 saturated heterocycles. The number of carbonyl (C=O) groups excluding carboxylic acids is 2. The summed E-state index contributed by atoms with van der Waals surface area (Å²) in [4.78, 5) is 43.9. The van der Waals surface area contributed by atoms with Crippen molar-refractivity contribution >= 4 is 34.5 Å². The smallest absolute Gasteiger partial charge is 0.319 e. The number of unbranched alkanes of at least 4 members (excludes halogenated alkanes) is 1. The first-order chi connectivity index (χ1) is 20.9. The van der Waals surface area contributed by atoms with E-state index in [1.54, 1.807) is 37.8 Å². The van der Waals surface area contributed by atoms with Crippen molar-refractivity contribution in [1.29, 1.82) is 0 Å². The van der Waals surface area contributed by atoms with Crippen molar-refractivity contribution in [2.75, 3.05) is 34.2 Å². The SMILES string of the molecule is CCCCC(Sc1nc2cc3c(cc2c(=O)n1CCCC(=O)NCCc1ccc(OC)c(OC)c1)OCO3)C(=O)OCC. The molecule has 1 amide bonds. The Morgan fingerprint density at radius 3 is 2.56 bits per heavy atom. The van der Waals surface area contributed by atoms with Crippen molar-refractivity contribution in [3.63, 3.8) is 0 Å². The molecule has 0 radical (unpaired) electrons. The van der Waals surface area contributed by atoms with Crippen molar-refractivity contribution in [3.05, 3.63) is 46.2 Å². The van der Waals surface area contributed by atoms with Crippen LogP contribution in [0, 0.1) is 0 Å². The number of methoxy groups -OCH3 is 2. The topological polar surface area (TPSA) is 127 Å². The average Bonchev–Trinajstić information content (AvgIpc) is 3.47. The third kappa shape index (κ3) is 8.13. The van der Waals surface area contributed by atoms with Gasteiger partial charge in [-0.2, -0.15) is 0 Å². The summed E-state index contributed by atoms with van der Waals surface area (Å²) >= 11 is 1.23. The number of benzene rings is 2. The summed E-state index contributed by atoms with van der Waals surface area (Å²) in [5, 5.41) is 3.22. The second-order valence-electron chi connectivity index (χ2n) is 9.97. The normalized spacial score (nSPS) is 12.7. The number of fused-ring (bicyclic) bond motifs is 2. The lowest BCUT2D eigenvalue weighted by molar-refractivity contribution is -0.142. The third-order valence-corrected chi connectivity index (χ3v) is 8.24. The van der Waals surface area contributed by atoms with E-state index >= 15 is 0 Å². The second kappa shape index (κ2) is 15.5. The molecule has 1 aromatic heterocycles. The van der Waals surface area contributed by atoms with Crippen LogP contribution in [0.4, 0.5) is 0 Å². The fourth-order valence-corrected chi connectivity index (χ4v) is 5.88. The van der Waals surface area contributed by atoms with Crippen molar-refractivity contribution in [1.82, 2.24) is 14.9 Å². The summed E-state index contributed by atoms with van der Waals surface area (Å²) in [6, 6.07) is 8.98. The van der Waals surface area contributed by atoms with Crippen LogP contribution in [0.1, 0.15) is 51.5 Å². The van der Waals surface area contributed by atoms with Crippen LogP contribution in [0.2, 0.25) is 0 Å². The van der Waals surface area contributed by atoms with E-state index in [1.165, 1.54) is 11.8 Å². The molecule has 1 N–H and O–H groups in total. The highest BCUT2D eigenvalue weighted by Crippen LogP contribution is 2.36. The van der Waals surface area contributed by atoms with E-state index in [4.69, 9.17) is 28.7 Å². The second-order valence-corrected chi connectivity index (χ2v) is 11.1. The van der Waals surface area contributed by atoms with E-state index in [2.05, 4.69) is 12.2 Å². The minimum atomic E-state index is -0.510. The summed E-state index contributed by atoms with van der Waals surface area (Å²) in [6.07, 6.45) is 3.60. The van der Waals surface area contributed by atoms with Gasteiger partial charge in [-0.05, 0) is 49.9 Å². The number of aromatic nitrogens is 2. The maximum Gasteiger partial charge on any atom is 0.319 e. The maximum atomic E-state index is 13.7. The van der Waals surface area contributed by atoms with Gasteiger partial charge < -0.3 is 29.0 Å². The van der Waals surface area contributed by atoms with E-state index in [-0.39, 0.29) is 43.8 Å². The van der Waals surface area contributed by atoms with Gasteiger partial charge in [0.1, 0.15) is 5.25 Å². The highest BCUT2D eigenvalue weighted by Gasteiger charge is 2.25. The number of hydrogen-bond donors (Lipinski definition) is 1. The van der Waals surface area contributed by atoms with E-state index in [0.717, 1.165) is 18.4 Å². The first-order valence-electron chi connectivity index (χ1n) is 14.5. The van der Waals surface area contributed by atoms with Gasteiger partial charge >= 0.3 is 5.97 Å². The number of amides is 1. The Balaban J connectivity index is 1.47. The van der Waals surface area contributed by atoms with Crippen LogP contribution in [-0.2, 0) is 27.3 Å². The van der Waals surface area contributed by atoms with E-state index in [9.17, 15) is 14.4 Å². The van der Waals surface area contributed by atoms with E-state index in [0.29, 0.717) is 64.9 Å². The molecule has 0 spiro atoms. The van der Waals surface area contributed by atoms with Crippen molar-refractivity contribution in [2.45, 2.75) is 69.3 Å². The van der Waals surface area contributed by atoms with E-state index in [1.807, 2.05) is 18.2 Å². The van der Waals surface area contributed by atoms with Crippen LogP contribution in [0.15, 0.2) is 40.3 Å². The number of esters is 1. The van der Waals surface area contributed by atoms with Crippen LogP contribution in [-0.4, -0.2) is 60.8 Å². The number of rotatable bonds is 16. The van der Waals surface area contributed by atoms with Gasteiger partial charge in [0.2, 0.25) is 12.7 Å². The zero-order valence-electron chi connectivity index (χ0n) is 25.1. The highest BCUT2D eigenvalue weighted by atomic mass is 32.2. The minimum Gasteiger partial charge on any atom is -0.493 e. The monoisotopic (exact) mass is 613 g/mol. The molecule has 11 nitrogen and oxygen atoms in total. The van der Waals surface area contributed by atoms with Crippen LogP contribution >= 0.6 is 11.8 Å². The Labute approximate surface area is 255 Å². The van der Waals surface area contributed by atoms with Gasteiger partial charge in [-0.1, -0.05) is 37.6 Å². The van der Waals surface area contributed by atoms with Gasteiger partial charge in [-0.25, -0.2) is 4.98 Å². The Kier molecular flexibility index (Phi) is 11.5. The number of nitrogens with one attached hydrogen (secondary N) is 1. The maximum absolute atomic E-state index is 13.7. The zero-order chi connectivity index (χ0) is 30.8. The number of thioether (sulfide) groups is 1. The largest absolute Gasteiger partial charge is 0.493 e. The number of hydrogen-bond acceptors (Lipinski definition) is 10. The molecule has 1 aliphatic heterocycles. The van der Waals surface area contributed by atoms with Gasteiger partial charge in [0, 0.05) is 25.6 Å². The third-order valence-electron chi connectivity index (χ3n) is 7.00. The minimum absolute atomic E-state index is 0.0739. The molecule has 1 unspecified atom stereocenters. The van der Waals surface area contributed by atoms with Crippen molar-refractivity contribution in [3.8, 4) is 23.0 Å². The highest BCUT2D eigenvalue weighted by molar-refractivity contribution is 8.00. The summed E-state index contributed by atoms with van der Waals surface area (Å²) in [5.41, 5.74) is 1.20. The summed E-state index contributed by atoms with van der Waals surface area (Å²) in [6.45, 7) is 4.88. The number of ether oxygens (including phenoxy) is 5. The Morgan fingerprint density at radius 1 is 1.07 bits per heavy atom. The first-order valence-corrected chi connectivity index (χ1v) is 15.4. The van der Waals surface area contributed by atoms with Crippen molar-refractivity contribution in [2.24, 2.45) is 0 Å². The number of nitrogens with zero attached hydrogens (tertiary/aromatic N) is 2. The van der Waals surface area contributed by atoms with Gasteiger partial charge in [0.25, 0.3) is 5.56 Å². The molecule has 0 fully saturated rings. The fraction of sp³-hybridized carbons (Fsp3) is 0.484. The fourth-order valence-electron chi connectivity index (χ4n) is 4.72. The molecular weight excluding hydrogens is 574 g/mol. The molecule has 232 valence electrons. The summed E-state index contributed by atoms with van der Waals surface area (Å²) in [7, 11) is 3.17. The standard InChI is InChI=1S/C31H39N3O8S/c1-5-7-9-27(30(37)40-6-2)43-31-33-22-18-26-25(41-19-42-26)17-21(22)29(36)34(31)15-8-10-28(35)32-14-13-20-11-12-23(38-3)24(16-20)39-4/h11-12,16-18,27H,5-10,13-15,19H2,1-4H3,(H,32,35). The molecule has 2 heterocycles. The predicted octanol–water partition coefficient (Wildman–Crippen LogP) is 4.50. The Hall–Kier alpha value is -3.93. The molecule has 0 bridgehead atoms. The lowest BCUT2D eigenvalue weighted by Crippen LogP contribution is -2.28. The van der Waals surface area contributed by atoms with Crippen LogP contribution in [0.25, 0.3) is 10.9 Å². The molecule has 1 aliphatic rings. The molecule has 3 aromatic rings. The Bertz CT molecular complexity index is 1490. The van der Waals surface area contributed by atoms with Gasteiger partial charge in [-0.3, -0.25) is 19.0 Å². The van der Waals surface area contributed by atoms with Crippen LogP contribution in [0.3, 0.4) is 0 Å². The van der Waals surface area contributed by atoms with Gasteiger partial charge in [0.05, 0.1) is 31.7 Å². The van der Waals surface area contributed by atoms with Crippen LogP contribution < -0.4 is 29.8 Å². The van der Waals surface area contributed by atoms with Gasteiger partial charge in [0.15, 0.2) is 28.2 Å². The average molecular weight is 614 g/mol. The number of carbonyl (C=O) groups is 2. The lowest BCUT2D eigenvalue weighted by atomic mass is 10.1. The molecule has 1 atom stereocenters. The predicted molar refractivity (Wildman–Crippen MR) is 163 cm³/mol. The van der Waals surface area contributed by atoms with Gasteiger partial charge in [-0.15, -0.1) is 0 Å². The lowest BCUT2D eigenvalue weighted by Gasteiger charge is -2.18. The molecule has 2 aromatic carbocycles. The van der Waals surface area contributed by atoms with E-state index < -0.39 is 5.25 Å². The molecule has 0 saturated carbocycles. The molecule has 0 aliphatic carbocycles. The molecule has 12 heteroatoms. The molecule has 4 rings (SSSR count). The Morgan fingerprint density at radius 2 is 1.84 bits per heavy atom. The zero-order valence-corrected chi connectivity index (χ0v) is 25.9. The first kappa shape index (κ1) is 32.0. The van der Waals surface area contributed by atoms with Crippen LogP contribution in [0.5, 0.6) is 23.0 Å². The molecule has 43 heavy (non-hydrogen) atoms. The summed E-state index contributed by atoms with van der Waals surface area (Å²) < 4.78 is 28.5. The molecular formula is C31H39N3O8S. The summed E-state index contributed by atoms with van der Waals surface area (Å²) in [5.74, 6) is 1.84.